The molecule has 0 unspecified atom stereocenters. The van der Waals surface area contributed by atoms with Gasteiger partial charge in [0.2, 0.25) is 0 Å². The molecule has 0 atom stereocenters. The third-order valence-electron chi connectivity index (χ3n) is 2.86. The lowest BCUT2D eigenvalue weighted by molar-refractivity contribution is 1.31. The highest BCUT2D eigenvalue weighted by Gasteiger charge is 2.07. The molecule has 0 aliphatic carbocycles. The zero-order chi connectivity index (χ0) is 13.2. The summed E-state index contributed by atoms with van der Waals surface area (Å²) in [6, 6.07) is 12.3. The summed E-state index contributed by atoms with van der Waals surface area (Å²) in [4.78, 5) is 8.98. The highest BCUT2D eigenvalue weighted by Crippen LogP contribution is 2.31. The van der Waals surface area contributed by atoms with Crippen LogP contribution in [-0.2, 0) is 0 Å². The maximum atomic E-state index is 4.44. The second kappa shape index (κ2) is 5.19. The van der Waals surface area contributed by atoms with Gasteiger partial charge in [0.1, 0.15) is 5.82 Å². The number of imidazole rings is 1. The Morgan fingerprint density at radius 2 is 1.95 bits per heavy atom. The quantitative estimate of drug-likeness (QED) is 0.734. The van der Waals surface area contributed by atoms with Gasteiger partial charge in [0, 0.05) is 18.3 Å². The van der Waals surface area contributed by atoms with Crippen LogP contribution in [0.2, 0.25) is 0 Å². The smallest absolute Gasteiger partial charge is 0.137 e. The van der Waals surface area contributed by atoms with Gasteiger partial charge >= 0.3 is 0 Å². The minimum Gasteiger partial charge on any atom is -0.388 e. The SMILES string of the molecule is CNc1ccc(-c2ncc(-c3ccc(Br)s3)[nH]2)cc1. The zero-order valence-corrected chi connectivity index (χ0v) is 12.7. The summed E-state index contributed by atoms with van der Waals surface area (Å²) in [5.74, 6) is 0.891. The van der Waals surface area contributed by atoms with Gasteiger partial charge in [-0.25, -0.2) is 4.98 Å². The van der Waals surface area contributed by atoms with Crippen LogP contribution in [0.25, 0.3) is 22.0 Å². The highest BCUT2D eigenvalue weighted by atomic mass is 79.9. The maximum Gasteiger partial charge on any atom is 0.137 e. The molecule has 0 radical (unpaired) electrons. The Labute approximate surface area is 123 Å². The van der Waals surface area contributed by atoms with Crippen LogP contribution in [0.1, 0.15) is 0 Å². The third-order valence-corrected chi connectivity index (χ3v) is 4.52. The number of nitrogens with one attached hydrogen (secondary N) is 2. The van der Waals surface area contributed by atoms with Crippen molar-refractivity contribution in [1.29, 1.82) is 0 Å². The Morgan fingerprint density at radius 1 is 1.16 bits per heavy atom. The minimum atomic E-state index is 0.891. The van der Waals surface area contributed by atoms with Crippen molar-refractivity contribution in [2.24, 2.45) is 0 Å². The van der Waals surface area contributed by atoms with Gasteiger partial charge in [0.05, 0.1) is 20.6 Å². The Morgan fingerprint density at radius 3 is 2.58 bits per heavy atom. The number of aromatic nitrogens is 2. The van der Waals surface area contributed by atoms with Crippen molar-refractivity contribution in [2.45, 2.75) is 0 Å². The van der Waals surface area contributed by atoms with Crippen LogP contribution in [0.15, 0.2) is 46.4 Å². The molecule has 0 aliphatic heterocycles. The molecule has 0 aliphatic rings. The number of rotatable bonds is 3. The van der Waals surface area contributed by atoms with E-state index in [1.807, 2.05) is 31.4 Å². The Balaban J connectivity index is 1.91. The molecule has 0 fully saturated rings. The summed E-state index contributed by atoms with van der Waals surface area (Å²) >= 11 is 5.17. The van der Waals surface area contributed by atoms with Gasteiger partial charge < -0.3 is 10.3 Å². The van der Waals surface area contributed by atoms with Crippen LogP contribution in [0.5, 0.6) is 0 Å². The summed E-state index contributed by atoms with van der Waals surface area (Å²) in [6.45, 7) is 0. The van der Waals surface area contributed by atoms with E-state index in [2.05, 4.69) is 49.4 Å². The Hall–Kier alpha value is -1.59. The van der Waals surface area contributed by atoms with E-state index < -0.39 is 0 Å². The number of aromatic amines is 1. The topological polar surface area (TPSA) is 40.7 Å². The van der Waals surface area contributed by atoms with Gasteiger partial charge in [-0.2, -0.15) is 0 Å². The van der Waals surface area contributed by atoms with Crippen LogP contribution in [0.4, 0.5) is 5.69 Å². The molecule has 3 aromatic rings. The minimum absolute atomic E-state index is 0.891. The molecule has 2 N–H and O–H groups in total. The molecule has 0 amide bonds. The van der Waals surface area contributed by atoms with Crippen molar-refractivity contribution >= 4 is 33.0 Å². The van der Waals surface area contributed by atoms with Crippen molar-refractivity contribution in [1.82, 2.24) is 9.97 Å². The number of halogens is 1. The highest BCUT2D eigenvalue weighted by molar-refractivity contribution is 9.11. The van der Waals surface area contributed by atoms with Crippen LogP contribution >= 0.6 is 27.3 Å². The lowest BCUT2D eigenvalue weighted by Crippen LogP contribution is -1.87. The van der Waals surface area contributed by atoms with Crippen LogP contribution in [-0.4, -0.2) is 17.0 Å². The number of H-pyrrole nitrogens is 1. The molecule has 3 nitrogen and oxygen atoms in total. The predicted octanol–water partition coefficient (Wildman–Crippen LogP) is 4.61. The molecular formula is C14H12BrN3S. The van der Waals surface area contributed by atoms with E-state index in [0.29, 0.717) is 0 Å². The van der Waals surface area contributed by atoms with Gasteiger partial charge in [0.15, 0.2) is 0 Å². The first kappa shape index (κ1) is 12.4. The summed E-state index contributed by atoms with van der Waals surface area (Å²) in [5.41, 5.74) is 3.22. The van der Waals surface area contributed by atoms with E-state index >= 15 is 0 Å². The van der Waals surface area contributed by atoms with Gasteiger partial charge in [-0.3, -0.25) is 0 Å². The fourth-order valence-corrected chi connectivity index (χ4v) is 3.20. The lowest BCUT2D eigenvalue weighted by Gasteiger charge is -2.00. The Kier molecular flexibility index (Phi) is 3.40. The van der Waals surface area contributed by atoms with Crippen molar-refractivity contribution in [3.8, 4) is 22.0 Å². The molecule has 2 aromatic heterocycles. The maximum absolute atomic E-state index is 4.44. The van der Waals surface area contributed by atoms with E-state index in [1.165, 1.54) is 4.88 Å². The van der Waals surface area contributed by atoms with Crippen LogP contribution in [0.3, 0.4) is 0 Å². The number of hydrogen-bond acceptors (Lipinski definition) is 3. The molecule has 0 bridgehead atoms. The third kappa shape index (κ3) is 2.57. The van der Waals surface area contributed by atoms with E-state index in [-0.39, 0.29) is 0 Å². The average molecular weight is 334 g/mol. The molecule has 2 heterocycles. The molecular weight excluding hydrogens is 322 g/mol. The molecule has 0 spiro atoms. The number of anilines is 1. The fraction of sp³-hybridized carbons (Fsp3) is 0.0714. The van der Waals surface area contributed by atoms with Crippen LogP contribution < -0.4 is 5.32 Å². The number of hydrogen-bond donors (Lipinski definition) is 2. The summed E-state index contributed by atoms with van der Waals surface area (Å²) < 4.78 is 1.12. The summed E-state index contributed by atoms with van der Waals surface area (Å²) in [6.07, 6.45) is 1.87. The normalized spacial score (nSPS) is 10.6. The van der Waals surface area contributed by atoms with E-state index in [0.717, 1.165) is 26.6 Å². The Bertz CT molecular complexity index is 685. The molecule has 96 valence electrons. The van der Waals surface area contributed by atoms with Crippen molar-refractivity contribution in [2.75, 3.05) is 12.4 Å². The second-order valence-electron chi connectivity index (χ2n) is 4.08. The lowest BCUT2D eigenvalue weighted by atomic mass is 10.2. The molecule has 0 saturated carbocycles. The first-order valence-corrected chi connectivity index (χ1v) is 7.46. The van der Waals surface area contributed by atoms with Gasteiger partial charge in [-0.1, -0.05) is 0 Å². The molecule has 5 heteroatoms. The van der Waals surface area contributed by atoms with Crippen molar-refractivity contribution in [3.05, 3.63) is 46.4 Å². The van der Waals surface area contributed by atoms with E-state index in [9.17, 15) is 0 Å². The summed E-state index contributed by atoms with van der Waals surface area (Å²) in [7, 11) is 1.91. The molecule has 0 saturated heterocycles. The molecule has 19 heavy (non-hydrogen) atoms. The molecule has 1 aromatic carbocycles. The average Bonchev–Trinajstić information content (AvgIpc) is 3.07. The zero-order valence-electron chi connectivity index (χ0n) is 10.3. The van der Waals surface area contributed by atoms with E-state index in [4.69, 9.17) is 0 Å². The largest absolute Gasteiger partial charge is 0.388 e. The van der Waals surface area contributed by atoms with Crippen molar-refractivity contribution < 1.29 is 0 Å². The standard InChI is InChI=1S/C14H12BrN3S/c1-16-10-4-2-9(3-5-10)14-17-8-11(18-14)12-6-7-13(15)19-12/h2-8,16H,1H3,(H,17,18). The summed E-state index contributed by atoms with van der Waals surface area (Å²) in [5, 5.41) is 3.11. The first-order chi connectivity index (χ1) is 9.26. The second-order valence-corrected chi connectivity index (χ2v) is 6.54. The fourth-order valence-electron chi connectivity index (χ4n) is 1.85. The van der Waals surface area contributed by atoms with Gasteiger partial charge in [-0.15, -0.1) is 11.3 Å². The first-order valence-electron chi connectivity index (χ1n) is 5.85. The number of thiophene rings is 1. The molecule has 3 rings (SSSR count). The van der Waals surface area contributed by atoms with Gasteiger partial charge in [0.25, 0.3) is 0 Å². The number of nitrogens with zero attached hydrogens (tertiary/aromatic N) is 1. The van der Waals surface area contributed by atoms with Crippen molar-refractivity contribution in [3.63, 3.8) is 0 Å². The predicted molar refractivity (Wildman–Crippen MR) is 84.6 cm³/mol. The van der Waals surface area contributed by atoms with E-state index in [1.54, 1.807) is 11.3 Å². The number of benzene rings is 1. The van der Waals surface area contributed by atoms with Crippen LogP contribution in [0, 0.1) is 0 Å². The monoisotopic (exact) mass is 333 g/mol. The van der Waals surface area contributed by atoms with Gasteiger partial charge in [-0.05, 0) is 52.3 Å².